The summed E-state index contributed by atoms with van der Waals surface area (Å²) in [6.45, 7) is 2.82. The fourth-order valence-electron chi connectivity index (χ4n) is 1.85. The molecule has 5 nitrogen and oxygen atoms in total. The van der Waals surface area contributed by atoms with Crippen LogP contribution in [0.1, 0.15) is 16.8 Å². The SMILES string of the molecule is O=C(O)c1cccc(OCCNC2CCOC2)c1. The van der Waals surface area contributed by atoms with E-state index in [4.69, 9.17) is 14.6 Å². The molecule has 0 saturated carbocycles. The van der Waals surface area contributed by atoms with Gasteiger partial charge in [0.25, 0.3) is 0 Å². The number of nitrogens with one attached hydrogen (secondary N) is 1. The molecule has 1 aromatic rings. The predicted octanol–water partition coefficient (Wildman–Crippen LogP) is 1.14. The van der Waals surface area contributed by atoms with Gasteiger partial charge in [-0.15, -0.1) is 0 Å². The van der Waals surface area contributed by atoms with Crippen LogP contribution in [0.25, 0.3) is 0 Å². The van der Waals surface area contributed by atoms with Crippen molar-refractivity contribution in [2.24, 2.45) is 0 Å². The van der Waals surface area contributed by atoms with Crippen molar-refractivity contribution >= 4 is 5.97 Å². The van der Waals surface area contributed by atoms with Crippen molar-refractivity contribution in [1.29, 1.82) is 0 Å². The lowest BCUT2D eigenvalue weighted by Gasteiger charge is -2.11. The molecule has 1 unspecified atom stereocenters. The quantitative estimate of drug-likeness (QED) is 0.742. The molecule has 1 fully saturated rings. The molecule has 0 amide bonds. The minimum Gasteiger partial charge on any atom is -0.492 e. The minimum absolute atomic E-state index is 0.240. The molecule has 98 valence electrons. The van der Waals surface area contributed by atoms with Gasteiger partial charge in [-0.05, 0) is 24.6 Å². The van der Waals surface area contributed by atoms with Crippen LogP contribution in [0.4, 0.5) is 0 Å². The number of carbonyl (C=O) groups is 1. The highest BCUT2D eigenvalue weighted by molar-refractivity contribution is 5.87. The first-order valence-corrected chi connectivity index (χ1v) is 6.03. The molecule has 0 aliphatic carbocycles. The highest BCUT2D eigenvalue weighted by atomic mass is 16.5. The molecule has 0 radical (unpaired) electrons. The van der Waals surface area contributed by atoms with Crippen LogP contribution in [0.3, 0.4) is 0 Å². The third-order valence-electron chi connectivity index (χ3n) is 2.81. The fourth-order valence-corrected chi connectivity index (χ4v) is 1.85. The normalized spacial score (nSPS) is 18.8. The van der Waals surface area contributed by atoms with E-state index in [1.54, 1.807) is 18.2 Å². The Balaban J connectivity index is 1.72. The molecule has 2 N–H and O–H groups in total. The Kier molecular flexibility index (Phi) is 4.55. The van der Waals surface area contributed by atoms with E-state index in [-0.39, 0.29) is 5.56 Å². The third kappa shape index (κ3) is 3.72. The molecule has 1 aromatic carbocycles. The van der Waals surface area contributed by atoms with Crippen molar-refractivity contribution in [1.82, 2.24) is 5.32 Å². The van der Waals surface area contributed by atoms with Crippen LogP contribution in [0.2, 0.25) is 0 Å². The molecule has 1 aliphatic rings. The van der Waals surface area contributed by atoms with E-state index >= 15 is 0 Å². The Bertz CT molecular complexity index is 402. The predicted molar refractivity (Wildman–Crippen MR) is 66.1 cm³/mol. The van der Waals surface area contributed by atoms with Crippen molar-refractivity contribution in [2.45, 2.75) is 12.5 Å². The van der Waals surface area contributed by atoms with Gasteiger partial charge in [0.15, 0.2) is 0 Å². The summed E-state index contributed by atoms with van der Waals surface area (Å²) in [6, 6.07) is 6.92. The van der Waals surface area contributed by atoms with Gasteiger partial charge in [-0.1, -0.05) is 6.07 Å². The fraction of sp³-hybridized carbons (Fsp3) is 0.462. The highest BCUT2D eigenvalue weighted by Gasteiger charge is 2.13. The Morgan fingerprint density at radius 3 is 3.17 bits per heavy atom. The number of carboxylic acids is 1. The molecular formula is C13H17NO4. The maximum absolute atomic E-state index is 10.8. The van der Waals surface area contributed by atoms with Crippen molar-refractivity contribution in [3.8, 4) is 5.75 Å². The van der Waals surface area contributed by atoms with Gasteiger partial charge >= 0.3 is 5.97 Å². The van der Waals surface area contributed by atoms with E-state index in [2.05, 4.69) is 5.32 Å². The molecule has 0 spiro atoms. The van der Waals surface area contributed by atoms with E-state index in [1.165, 1.54) is 6.07 Å². The van der Waals surface area contributed by atoms with Crippen molar-refractivity contribution < 1.29 is 19.4 Å². The molecule has 0 bridgehead atoms. The van der Waals surface area contributed by atoms with Crippen LogP contribution < -0.4 is 10.1 Å². The smallest absolute Gasteiger partial charge is 0.335 e. The van der Waals surface area contributed by atoms with E-state index in [9.17, 15) is 4.79 Å². The first-order chi connectivity index (χ1) is 8.75. The lowest BCUT2D eigenvalue weighted by molar-refractivity contribution is 0.0696. The van der Waals surface area contributed by atoms with E-state index in [0.717, 1.165) is 26.2 Å². The van der Waals surface area contributed by atoms with Crippen molar-refractivity contribution in [3.63, 3.8) is 0 Å². The monoisotopic (exact) mass is 251 g/mol. The second kappa shape index (κ2) is 6.37. The zero-order chi connectivity index (χ0) is 12.8. The van der Waals surface area contributed by atoms with Crippen LogP contribution in [0, 0.1) is 0 Å². The molecule has 1 atom stereocenters. The average molecular weight is 251 g/mol. The number of carboxylic acid groups (broad SMARTS) is 1. The lowest BCUT2D eigenvalue weighted by Crippen LogP contribution is -2.32. The zero-order valence-electron chi connectivity index (χ0n) is 10.1. The van der Waals surface area contributed by atoms with Crippen LogP contribution in [-0.4, -0.2) is 43.5 Å². The molecule has 1 saturated heterocycles. The number of ether oxygens (including phenoxy) is 2. The summed E-state index contributed by atoms with van der Waals surface area (Å²) in [4.78, 5) is 10.8. The maximum Gasteiger partial charge on any atom is 0.335 e. The molecule has 1 heterocycles. The third-order valence-corrected chi connectivity index (χ3v) is 2.81. The second-order valence-corrected chi connectivity index (χ2v) is 4.20. The van der Waals surface area contributed by atoms with E-state index in [1.807, 2.05) is 0 Å². The topological polar surface area (TPSA) is 67.8 Å². The molecule has 18 heavy (non-hydrogen) atoms. The van der Waals surface area contributed by atoms with Gasteiger partial charge in [-0.3, -0.25) is 0 Å². The summed E-state index contributed by atoms with van der Waals surface area (Å²) in [5.74, 6) is -0.360. The average Bonchev–Trinajstić information content (AvgIpc) is 2.88. The molecule has 0 aromatic heterocycles. The van der Waals surface area contributed by atoms with Crippen molar-refractivity contribution in [3.05, 3.63) is 29.8 Å². The van der Waals surface area contributed by atoms with Crippen LogP contribution in [-0.2, 0) is 4.74 Å². The van der Waals surface area contributed by atoms with Gasteiger partial charge in [0.05, 0.1) is 12.2 Å². The Morgan fingerprint density at radius 2 is 2.44 bits per heavy atom. The van der Waals surface area contributed by atoms with Gasteiger partial charge in [0.2, 0.25) is 0 Å². The number of benzene rings is 1. The van der Waals surface area contributed by atoms with Gasteiger partial charge in [-0.25, -0.2) is 4.79 Å². The second-order valence-electron chi connectivity index (χ2n) is 4.20. The molecule has 2 rings (SSSR count). The Labute approximate surface area is 106 Å². The number of hydrogen-bond donors (Lipinski definition) is 2. The minimum atomic E-state index is -0.943. The largest absolute Gasteiger partial charge is 0.492 e. The van der Waals surface area contributed by atoms with Gasteiger partial charge in [-0.2, -0.15) is 0 Å². The molecule has 5 heteroatoms. The Hall–Kier alpha value is -1.59. The van der Waals surface area contributed by atoms with Gasteiger partial charge in [0, 0.05) is 19.2 Å². The first kappa shape index (κ1) is 12.9. The summed E-state index contributed by atoms with van der Waals surface area (Å²) in [5.41, 5.74) is 0.240. The van der Waals surface area contributed by atoms with Crippen LogP contribution >= 0.6 is 0 Å². The molecule has 1 aliphatic heterocycles. The summed E-state index contributed by atoms with van der Waals surface area (Å²) in [6.07, 6.45) is 1.04. The molecular weight excluding hydrogens is 234 g/mol. The summed E-state index contributed by atoms with van der Waals surface area (Å²) < 4.78 is 10.7. The van der Waals surface area contributed by atoms with Crippen LogP contribution in [0.5, 0.6) is 5.75 Å². The Morgan fingerprint density at radius 1 is 1.56 bits per heavy atom. The van der Waals surface area contributed by atoms with Crippen LogP contribution in [0.15, 0.2) is 24.3 Å². The summed E-state index contributed by atoms with van der Waals surface area (Å²) in [5, 5.41) is 12.2. The van der Waals surface area contributed by atoms with E-state index < -0.39 is 5.97 Å². The lowest BCUT2D eigenvalue weighted by atomic mass is 10.2. The van der Waals surface area contributed by atoms with E-state index in [0.29, 0.717) is 18.4 Å². The van der Waals surface area contributed by atoms with Crippen molar-refractivity contribution in [2.75, 3.05) is 26.4 Å². The number of rotatable bonds is 6. The summed E-state index contributed by atoms with van der Waals surface area (Å²) in [7, 11) is 0. The first-order valence-electron chi connectivity index (χ1n) is 6.03. The zero-order valence-corrected chi connectivity index (χ0v) is 10.1. The number of hydrogen-bond acceptors (Lipinski definition) is 4. The van der Waals surface area contributed by atoms with Gasteiger partial charge in [0.1, 0.15) is 12.4 Å². The summed E-state index contributed by atoms with van der Waals surface area (Å²) >= 11 is 0. The maximum atomic E-state index is 10.8. The highest BCUT2D eigenvalue weighted by Crippen LogP contribution is 2.13. The van der Waals surface area contributed by atoms with Gasteiger partial charge < -0.3 is 19.9 Å². The number of aromatic carboxylic acids is 1. The standard InChI is InChI=1S/C13H17NO4/c15-13(16)10-2-1-3-12(8-10)18-7-5-14-11-4-6-17-9-11/h1-3,8,11,14H,4-7,9H2,(H,15,16).